The first-order chi connectivity index (χ1) is 18.8. The molecule has 1 N–H and O–H groups in total. The molecule has 0 unspecified atom stereocenters. The molecule has 9 nitrogen and oxygen atoms in total. The third kappa shape index (κ3) is 5.04. The lowest BCUT2D eigenvalue weighted by Gasteiger charge is -2.34. The second-order valence-corrected chi connectivity index (χ2v) is 12.3. The Morgan fingerprint density at radius 3 is 2.56 bits per heavy atom. The van der Waals surface area contributed by atoms with E-state index in [4.69, 9.17) is 4.98 Å². The van der Waals surface area contributed by atoms with Gasteiger partial charge in [-0.05, 0) is 68.8 Å². The molecule has 0 amide bonds. The lowest BCUT2D eigenvalue weighted by atomic mass is 10.1. The van der Waals surface area contributed by atoms with Crippen molar-refractivity contribution in [2.75, 3.05) is 60.0 Å². The number of likely N-dealkylation sites (N-methyl/N-ethyl adjacent to an activating group) is 1. The van der Waals surface area contributed by atoms with E-state index in [1.165, 1.54) is 10.4 Å². The zero-order valence-corrected chi connectivity index (χ0v) is 23.0. The van der Waals surface area contributed by atoms with E-state index >= 15 is 4.39 Å². The quantitative estimate of drug-likeness (QED) is 0.397. The number of rotatable bonds is 5. The Morgan fingerprint density at radius 2 is 1.77 bits per heavy atom. The summed E-state index contributed by atoms with van der Waals surface area (Å²) < 4.78 is 43.9. The molecule has 204 valence electrons. The Bertz CT molecular complexity index is 1630. The van der Waals surface area contributed by atoms with Crippen molar-refractivity contribution in [2.24, 2.45) is 0 Å². The van der Waals surface area contributed by atoms with Crippen molar-refractivity contribution in [2.45, 2.75) is 19.8 Å². The number of hydrogen-bond donors (Lipinski definition) is 1. The van der Waals surface area contributed by atoms with E-state index in [1.54, 1.807) is 6.20 Å². The summed E-state index contributed by atoms with van der Waals surface area (Å²) in [6.07, 6.45) is 5.15. The van der Waals surface area contributed by atoms with Crippen LogP contribution in [0, 0.1) is 12.7 Å². The molecule has 11 heteroatoms. The fourth-order valence-electron chi connectivity index (χ4n) is 5.27. The minimum atomic E-state index is -3.31. The second-order valence-electron chi connectivity index (χ2n) is 10.3. The van der Waals surface area contributed by atoms with Crippen LogP contribution < -0.4 is 14.5 Å². The minimum Gasteiger partial charge on any atom is -0.367 e. The van der Waals surface area contributed by atoms with Crippen molar-refractivity contribution in [3.05, 3.63) is 66.2 Å². The highest BCUT2D eigenvalue weighted by Gasteiger charge is 2.26. The summed E-state index contributed by atoms with van der Waals surface area (Å²) in [6.45, 7) is 5.83. The van der Waals surface area contributed by atoms with E-state index in [0.717, 1.165) is 49.2 Å². The van der Waals surface area contributed by atoms with Crippen LogP contribution in [-0.2, 0) is 10.0 Å². The highest BCUT2D eigenvalue weighted by atomic mass is 32.2. The molecule has 2 saturated heterocycles. The van der Waals surface area contributed by atoms with Gasteiger partial charge in [-0.3, -0.25) is 4.31 Å². The van der Waals surface area contributed by atoms with Gasteiger partial charge in [-0.25, -0.2) is 17.8 Å². The molecular formula is C28H32FN7O2S. The van der Waals surface area contributed by atoms with Crippen molar-refractivity contribution in [3.63, 3.8) is 0 Å². The van der Waals surface area contributed by atoms with E-state index in [9.17, 15) is 8.42 Å². The van der Waals surface area contributed by atoms with Gasteiger partial charge in [0.25, 0.3) is 0 Å². The minimum absolute atomic E-state index is 0.169. The molecule has 2 aromatic heterocycles. The van der Waals surface area contributed by atoms with Crippen molar-refractivity contribution in [1.82, 2.24) is 19.4 Å². The van der Waals surface area contributed by atoms with Gasteiger partial charge in [-0.15, -0.1) is 0 Å². The topological polar surface area (TPSA) is 86.6 Å². The maximum atomic E-state index is 15.2. The third-order valence-electron chi connectivity index (χ3n) is 7.56. The molecule has 0 atom stereocenters. The van der Waals surface area contributed by atoms with Crippen LogP contribution in [0.25, 0.3) is 16.7 Å². The number of aryl methyl sites for hydroxylation is 1. The molecule has 0 saturated carbocycles. The van der Waals surface area contributed by atoms with Gasteiger partial charge in [0, 0.05) is 61.9 Å². The van der Waals surface area contributed by atoms with Crippen LogP contribution in [0.5, 0.6) is 0 Å². The van der Waals surface area contributed by atoms with Crippen LogP contribution in [0.3, 0.4) is 0 Å². The number of nitrogens with zero attached hydrogens (tertiary/aromatic N) is 6. The van der Waals surface area contributed by atoms with Crippen LogP contribution >= 0.6 is 0 Å². The van der Waals surface area contributed by atoms with Crippen LogP contribution in [0.4, 0.5) is 27.4 Å². The number of fused-ring (bicyclic) bond motifs is 1. The zero-order valence-electron chi connectivity index (χ0n) is 22.1. The molecule has 0 spiro atoms. The fraction of sp³-hybridized carbons (Fsp3) is 0.357. The van der Waals surface area contributed by atoms with E-state index in [0.29, 0.717) is 41.6 Å². The predicted octanol–water partition coefficient (Wildman–Crippen LogP) is 4.29. The van der Waals surface area contributed by atoms with E-state index < -0.39 is 10.0 Å². The van der Waals surface area contributed by atoms with Crippen LogP contribution in [0.2, 0.25) is 0 Å². The first kappa shape index (κ1) is 25.6. The van der Waals surface area contributed by atoms with Gasteiger partial charge in [-0.2, -0.15) is 4.98 Å². The van der Waals surface area contributed by atoms with Crippen LogP contribution in [0.1, 0.15) is 18.4 Å². The van der Waals surface area contributed by atoms with Gasteiger partial charge in [0.05, 0.1) is 17.1 Å². The monoisotopic (exact) mass is 549 g/mol. The molecule has 2 aliphatic heterocycles. The highest BCUT2D eigenvalue weighted by Crippen LogP contribution is 2.30. The number of hydrogen-bond acceptors (Lipinski definition) is 7. The molecule has 0 bridgehead atoms. The lowest BCUT2D eigenvalue weighted by Crippen LogP contribution is -2.44. The number of aromatic nitrogens is 3. The Morgan fingerprint density at radius 1 is 0.974 bits per heavy atom. The van der Waals surface area contributed by atoms with Gasteiger partial charge < -0.3 is 19.7 Å². The average Bonchev–Trinajstić information content (AvgIpc) is 3.34. The Balaban J connectivity index is 1.29. The van der Waals surface area contributed by atoms with E-state index in [-0.39, 0.29) is 11.6 Å². The fourth-order valence-corrected chi connectivity index (χ4v) is 6.91. The predicted molar refractivity (Wildman–Crippen MR) is 153 cm³/mol. The van der Waals surface area contributed by atoms with Crippen LogP contribution in [0.15, 0.2) is 54.9 Å². The third-order valence-corrected chi connectivity index (χ3v) is 9.43. The summed E-state index contributed by atoms with van der Waals surface area (Å²) in [6, 6.07) is 12.8. The number of halogens is 1. The van der Waals surface area contributed by atoms with Gasteiger partial charge in [0.1, 0.15) is 11.5 Å². The SMILES string of the molecule is Cc1cc(N2CCN(C)CC2)c(F)cc1Nc1ncc2ccn(-c3cccc(N4CCCCS4(=O)=O)c3)c2n1. The Kier molecular flexibility index (Phi) is 6.64. The molecule has 0 radical (unpaired) electrons. The smallest absolute Gasteiger partial charge is 0.235 e. The zero-order chi connectivity index (χ0) is 27.1. The Labute approximate surface area is 227 Å². The number of piperazine rings is 1. The molecule has 2 aromatic carbocycles. The molecule has 0 aliphatic carbocycles. The van der Waals surface area contributed by atoms with E-state index in [2.05, 4.69) is 27.1 Å². The van der Waals surface area contributed by atoms with Gasteiger partial charge in [0.15, 0.2) is 0 Å². The van der Waals surface area contributed by atoms with Crippen molar-refractivity contribution >= 4 is 44.1 Å². The summed E-state index contributed by atoms with van der Waals surface area (Å²) in [5, 5.41) is 4.03. The molecule has 6 rings (SSSR count). The lowest BCUT2D eigenvalue weighted by molar-refractivity contribution is 0.311. The first-order valence-corrected chi connectivity index (χ1v) is 14.8. The number of nitrogens with one attached hydrogen (secondary N) is 1. The summed E-state index contributed by atoms with van der Waals surface area (Å²) >= 11 is 0. The molecule has 4 heterocycles. The van der Waals surface area contributed by atoms with Crippen molar-refractivity contribution < 1.29 is 12.8 Å². The molecular weight excluding hydrogens is 517 g/mol. The average molecular weight is 550 g/mol. The molecule has 39 heavy (non-hydrogen) atoms. The van der Waals surface area contributed by atoms with Gasteiger partial charge in [-0.1, -0.05) is 6.07 Å². The van der Waals surface area contributed by atoms with E-state index in [1.807, 2.05) is 54.1 Å². The first-order valence-electron chi connectivity index (χ1n) is 13.2. The highest BCUT2D eigenvalue weighted by molar-refractivity contribution is 7.92. The van der Waals surface area contributed by atoms with Gasteiger partial charge in [0.2, 0.25) is 16.0 Å². The van der Waals surface area contributed by atoms with Crippen LogP contribution in [-0.4, -0.2) is 73.4 Å². The summed E-state index contributed by atoms with van der Waals surface area (Å²) in [5.74, 6) is 0.246. The largest absolute Gasteiger partial charge is 0.367 e. The summed E-state index contributed by atoms with van der Waals surface area (Å²) in [5.41, 5.74) is 4.24. The Hall–Kier alpha value is -3.70. The maximum absolute atomic E-state index is 15.2. The van der Waals surface area contributed by atoms with Crippen molar-refractivity contribution in [1.29, 1.82) is 0 Å². The molecule has 2 fully saturated rings. The number of anilines is 4. The maximum Gasteiger partial charge on any atom is 0.235 e. The molecule has 2 aliphatic rings. The number of sulfonamides is 1. The van der Waals surface area contributed by atoms with Crippen molar-refractivity contribution in [3.8, 4) is 5.69 Å². The molecule has 4 aromatic rings. The standard InChI is InChI=1S/C28H32FN7O2S/c1-20-16-26(34-13-11-33(2)12-14-34)24(29)18-25(20)31-28-30-19-21-8-10-35(27(21)32-28)22-6-5-7-23(17-22)36-9-3-4-15-39(36,37)38/h5-8,10,16-19H,3-4,9,11-15H2,1-2H3,(H,30,31,32). The summed E-state index contributed by atoms with van der Waals surface area (Å²) in [4.78, 5) is 13.5. The number of benzene rings is 2. The summed E-state index contributed by atoms with van der Waals surface area (Å²) in [7, 11) is -1.24. The normalized spacial score (nSPS) is 18.0. The second kappa shape index (κ2) is 10.1. The van der Waals surface area contributed by atoms with Gasteiger partial charge >= 0.3 is 0 Å².